The molecule has 0 aliphatic rings. The maximum absolute atomic E-state index is 12.8. The molecular formula is C15H18FN5O2. The molecule has 0 aliphatic carbocycles. The highest BCUT2D eigenvalue weighted by Crippen LogP contribution is 2.07. The number of nitrogens with zero attached hydrogens (tertiary/aromatic N) is 2. The zero-order valence-electron chi connectivity index (χ0n) is 12.9. The first kappa shape index (κ1) is 16.5. The standard InChI is InChI=1S/C15H18FN5O2/c1-10-7-13(21(2)20-10)19-14(22)9-18-15(23)17-8-11-3-5-12(16)6-4-11/h3-7H,8-9H2,1-2H3,(H,19,22)(H2,17,18,23). The van der Waals surface area contributed by atoms with E-state index in [1.54, 1.807) is 29.9 Å². The van der Waals surface area contributed by atoms with Crippen molar-refractivity contribution in [2.24, 2.45) is 7.05 Å². The van der Waals surface area contributed by atoms with Gasteiger partial charge in [-0.05, 0) is 24.6 Å². The third kappa shape index (κ3) is 5.10. The molecule has 122 valence electrons. The molecule has 0 bridgehead atoms. The molecule has 0 fully saturated rings. The van der Waals surface area contributed by atoms with Crippen molar-refractivity contribution in [3.05, 3.63) is 47.4 Å². The van der Waals surface area contributed by atoms with Crippen LogP contribution in [0, 0.1) is 12.7 Å². The molecule has 1 heterocycles. The molecule has 2 rings (SSSR count). The van der Waals surface area contributed by atoms with Crippen LogP contribution in [0.2, 0.25) is 0 Å². The molecule has 8 heteroatoms. The Hall–Kier alpha value is -2.90. The Morgan fingerprint density at radius 2 is 1.91 bits per heavy atom. The maximum Gasteiger partial charge on any atom is 0.315 e. The molecule has 0 aliphatic heterocycles. The molecule has 0 unspecified atom stereocenters. The van der Waals surface area contributed by atoms with E-state index in [4.69, 9.17) is 0 Å². The number of amides is 3. The second-order valence-corrected chi connectivity index (χ2v) is 5.01. The number of carbonyl (C=O) groups excluding carboxylic acids is 2. The predicted octanol–water partition coefficient (Wildman–Crippen LogP) is 1.31. The van der Waals surface area contributed by atoms with Crippen molar-refractivity contribution in [2.45, 2.75) is 13.5 Å². The van der Waals surface area contributed by atoms with Crippen LogP contribution in [-0.2, 0) is 18.4 Å². The fourth-order valence-electron chi connectivity index (χ4n) is 1.92. The van der Waals surface area contributed by atoms with Crippen LogP contribution in [0.3, 0.4) is 0 Å². The number of anilines is 1. The molecule has 7 nitrogen and oxygen atoms in total. The number of rotatable bonds is 5. The van der Waals surface area contributed by atoms with Gasteiger partial charge in [-0.3, -0.25) is 9.48 Å². The van der Waals surface area contributed by atoms with Crippen LogP contribution in [0.15, 0.2) is 30.3 Å². The first-order valence-corrected chi connectivity index (χ1v) is 7.00. The minimum atomic E-state index is -0.481. The largest absolute Gasteiger partial charge is 0.334 e. The average Bonchev–Trinajstić information content (AvgIpc) is 2.82. The summed E-state index contributed by atoms with van der Waals surface area (Å²) in [6.07, 6.45) is 0. The molecule has 3 N–H and O–H groups in total. The normalized spacial score (nSPS) is 10.2. The number of nitrogens with one attached hydrogen (secondary N) is 3. The van der Waals surface area contributed by atoms with Gasteiger partial charge in [0.2, 0.25) is 5.91 Å². The molecular weight excluding hydrogens is 301 g/mol. The minimum absolute atomic E-state index is 0.167. The fraction of sp³-hybridized carbons (Fsp3) is 0.267. The van der Waals surface area contributed by atoms with Gasteiger partial charge in [0.05, 0.1) is 12.2 Å². The minimum Gasteiger partial charge on any atom is -0.334 e. The molecule has 0 atom stereocenters. The summed E-state index contributed by atoms with van der Waals surface area (Å²) in [6.45, 7) is 1.89. The number of carbonyl (C=O) groups is 2. The molecule has 1 aromatic carbocycles. The third-order valence-corrected chi connectivity index (χ3v) is 3.05. The highest BCUT2D eigenvalue weighted by atomic mass is 19.1. The zero-order chi connectivity index (χ0) is 16.8. The van der Waals surface area contributed by atoms with Gasteiger partial charge in [-0.25, -0.2) is 9.18 Å². The van der Waals surface area contributed by atoms with E-state index >= 15 is 0 Å². The van der Waals surface area contributed by atoms with Gasteiger partial charge >= 0.3 is 6.03 Å². The number of hydrogen-bond acceptors (Lipinski definition) is 3. The van der Waals surface area contributed by atoms with E-state index in [0.29, 0.717) is 5.82 Å². The van der Waals surface area contributed by atoms with Crippen LogP contribution < -0.4 is 16.0 Å². The second-order valence-electron chi connectivity index (χ2n) is 5.01. The first-order chi connectivity index (χ1) is 10.9. The van der Waals surface area contributed by atoms with Gasteiger partial charge < -0.3 is 16.0 Å². The topological polar surface area (TPSA) is 88.0 Å². The lowest BCUT2D eigenvalue weighted by molar-refractivity contribution is -0.115. The van der Waals surface area contributed by atoms with E-state index in [1.165, 1.54) is 12.1 Å². The summed E-state index contributed by atoms with van der Waals surface area (Å²) >= 11 is 0. The first-order valence-electron chi connectivity index (χ1n) is 7.00. The quantitative estimate of drug-likeness (QED) is 0.776. The monoisotopic (exact) mass is 319 g/mol. The van der Waals surface area contributed by atoms with E-state index in [1.807, 2.05) is 6.92 Å². The summed E-state index contributed by atoms with van der Waals surface area (Å²) in [4.78, 5) is 23.4. The Balaban J connectivity index is 1.72. The van der Waals surface area contributed by atoms with Gasteiger partial charge in [0.15, 0.2) is 0 Å². The Labute approximate surface area is 132 Å². The number of halogens is 1. The summed E-state index contributed by atoms with van der Waals surface area (Å²) in [7, 11) is 1.71. The second kappa shape index (κ2) is 7.39. The van der Waals surface area contributed by atoms with Gasteiger partial charge in [0.1, 0.15) is 11.6 Å². The Bertz CT molecular complexity index is 696. The lowest BCUT2D eigenvalue weighted by Crippen LogP contribution is -2.39. The average molecular weight is 319 g/mol. The molecule has 0 spiro atoms. The number of aromatic nitrogens is 2. The van der Waals surface area contributed by atoms with E-state index < -0.39 is 6.03 Å². The van der Waals surface area contributed by atoms with Crippen LogP contribution in [0.4, 0.5) is 15.0 Å². The van der Waals surface area contributed by atoms with Crippen molar-refractivity contribution in [3.8, 4) is 0 Å². The van der Waals surface area contributed by atoms with Crippen LogP contribution in [0.5, 0.6) is 0 Å². The smallest absolute Gasteiger partial charge is 0.315 e. The highest BCUT2D eigenvalue weighted by molar-refractivity contribution is 5.93. The molecule has 0 saturated carbocycles. The summed E-state index contributed by atoms with van der Waals surface area (Å²) in [5.41, 5.74) is 1.55. The van der Waals surface area contributed by atoms with Crippen LogP contribution >= 0.6 is 0 Å². The molecule has 0 radical (unpaired) electrons. The van der Waals surface area contributed by atoms with Gasteiger partial charge in [-0.2, -0.15) is 5.10 Å². The van der Waals surface area contributed by atoms with E-state index in [2.05, 4.69) is 21.0 Å². The van der Waals surface area contributed by atoms with Crippen LogP contribution in [-0.4, -0.2) is 28.3 Å². The van der Waals surface area contributed by atoms with Crippen molar-refractivity contribution in [2.75, 3.05) is 11.9 Å². The van der Waals surface area contributed by atoms with Gasteiger partial charge in [-0.15, -0.1) is 0 Å². The van der Waals surface area contributed by atoms with Crippen molar-refractivity contribution >= 4 is 17.8 Å². The Morgan fingerprint density at radius 1 is 1.22 bits per heavy atom. The lowest BCUT2D eigenvalue weighted by Gasteiger charge is -2.08. The molecule has 23 heavy (non-hydrogen) atoms. The summed E-state index contributed by atoms with van der Waals surface area (Å²) in [5, 5.41) is 11.8. The van der Waals surface area contributed by atoms with Crippen molar-refractivity contribution < 1.29 is 14.0 Å². The molecule has 1 aromatic heterocycles. The molecule has 3 amide bonds. The van der Waals surface area contributed by atoms with Crippen LogP contribution in [0.25, 0.3) is 0 Å². The summed E-state index contributed by atoms with van der Waals surface area (Å²) in [5.74, 6) is -0.133. The van der Waals surface area contributed by atoms with E-state index in [-0.39, 0.29) is 24.8 Å². The van der Waals surface area contributed by atoms with Crippen molar-refractivity contribution in [3.63, 3.8) is 0 Å². The van der Waals surface area contributed by atoms with Gasteiger partial charge in [0, 0.05) is 19.7 Å². The van der Waals surface area contributed by atoms with E-state index in [9.17, 15) is 14.0 Å². The fourth-order valence-corrected chi connectivity index (χ4v) is 1.92. The Morgan fingerprint density at radius 3 is 2.52 bits per heavy atom. The number of aryl methyl sites for hydroxylation is 2. The number of hydrogen-bond donors (Lipinski definition) is 3. The number of benzene rings is 1. The molecule has 0 saturated heterocycles. The summed E-state index contributed by atoms with van der Waals surface area (Å²) < 4.78 is 14.3. The molecule has 2 aromatic rings. The Kier molecular flexibility index (Phi) is 5.29. The van der Waals surface area contributed by atoms with E-state index in [0.717, 1.165) is 11.3 Å². The van der Waals surface area contributed by atoms with Gasteiger partial charge in [-0.1, -0.05) is 12.1 Å². The maximum atomic E-state index is 12.8. The number of urea groups is 1. The van der Waals surface area contributed by atoms with Crippen molar-refractivity contribution in [1.29, 1.82) is 0 Å². The van der Waals surface area contributed by atoms with Gasteiger partial charge in [0.25, 0.3) is 0 Å². The summed E-state index contributed by atoms with van der Waals surface area (Å²) in [6, 6.07) is 7.04. The van der Waals surface area contributed by atoms with Crippen molar-refractivity contribution in [1.82, 2.24) is 20.4 Å². The highest BCUT2D eigenvalue weighted by Gasteiger charge is 2.08. The third-order valence-electron chi connectivity index (χ3n) is 3.05. The predicted molar refractivity (Wildman–Crippen MR) is 83.2 cm³/mol. The van der Waals surface area contributed by atoms with Crippen LogP contribution in [0.1, 0.15) is 11.3 Å². The zero-order valence-corrected chi connectivity index (χ0v) is 12.9. The SMILES string of the molecule is Cc1cc(NC(=O)CNC(=O)NCc2ccc(F)cc2)n(C)n1. The lowest BCUT2D eigenvalue weighted by atomic mass is 10.2.